The molecule has 0 aliphatic rings. The normalized spacial score (nSPS) is 12.7. The van der Waals surface area contributed by atoms with Gasteiger partial charge in [0.25, 0.3) is 0 Å². The maximum atomic E-state index is 12.5. The van der Waals surface area contributed by atoms with E-state index in [1.54, 1.807) is 100 Å². The third-order valence-corrected chi connectivity index (χ3v) is 6.78. The summed E-state index contributed by atoms with van der Waals surface area (Å²) >= 11 is 0. The molecular weight excluding hydrogens is 592 g/mol. The third-order valence-electron chi connectivity index (χ3n) is 6.78. The van der Waals surface area contributed by atoms with Crippen molar-refractivity contribution in [3.8, 4) is 23.0 Å². The molecule has 0 saturated carbocycles. The van der Waals surface area contributed by atoms with Crippen LogP contribution in [-0.4, -0.2) is 126 Å². The van der Waals surface area contributed by atoms with Gasteiger partial charge < -0.3 is 18.9 Å². The first-order valence-electron chi connectivity index (χ1n) is 15.2. The largest absolute Gasteiger partial charge is 0.422 e. The summed E-state index contributed by atoms with van der Waals surface area (Å²) in [6, 6.07) is 10.5. The first-order valence-corrected chi connectivity index (χ1v) is 15.2. The lowest BCUT2D eigenvalue weighted by molar-refractivity contribution is -0.137. The van der Waals surface area contributed by atoms with Crippen LogP contribution in [0.4, 0.5) is 0 Å². The Labute approximate surface area is 273 Å². The van der Waals surface area contributed by atoms with Crippen molar-refractivity contribution in [3.63, 3.8) is 0 Å². The topological polar surface area (TPSA) is 118 Å². The van der Waals surface area contributed by atoms with Crippen LogP contribution in [0.1, 0.15) is 25.0 Å². The van der Waals surface area contributed by atoms with Crippen molar-refractivity contribution < 1.29 is 38.1 Å². The van der Waals surface area contributed by atoms with E-state index in [-0.39, 0.29) is 61.0 Å². The zero-order valence-electron chi connectivity index (χ0n) is 28.9. The molecule has 0 amide bonds. The number of esters is 4. The van der Waals surface area contributed by atoms with Crippen LogP contribution < -0.4 is 18.9 Å². The monoisotopic (exact) mass is 642 g/mol. The molecule has 0 bridgehead atoms. The summed E-state index contributed by atoms with van der Waals surface area (Å²) in [6.07, 6.45) is 1.33. The lowest BCUT2D eigenvalue weighted by Gasteiger charge is -2.22. The molecule has 2 aromatic carbocycles. The summed E-state index contributed by atoms with van der Waals surface area (Å²) in [7, 11) is 14.1. The molecule has 2 unspecified atom stereocenters. The third kappa shape index (κ3) is 14.1. The molecule has 46 heavy (non-hydrogen) atoms. The Kier molecular flexibility index (Phi) is 15.3. The van der Waals surface area contributed by atoms with E-state index in [0.717, 1.165) is 11.1 Å². The van der Waals surface area contributed by atoms with Crippen LogP contribution in [0.25, 0.3) is 0 Å². The molecule has 0 saturated heterocycles. The van der Waals surface area contributed by atoms with Crippen LogP contribution in [-0.2, 0) is 32.0 Å². The highest BCUT2D eigenvalue weighted by Gasteiger charge is 2.21. The van der Waals surface area contributed by atoms with E-state index in [1.807, 2.05) is 12.1 Å². The van der Waals surface area contributed by atoms with Gasteiger partial charge in [0, 0.05) is 0 Å². The van der Waals surface area contributed by atoms with Gasteiger partial charge in [-0.3, -0.25) is 38.8 Å². The molecular formula is C34H50N4O8. The fraction of sp³-hybridized carbons (Fsp3) is 0.529. The van der Waals surface area contributed by atoms with Gasteiger partial charge in [0.1, 0.15) is 0 Å². The zero-order valence-corrected chi connectivity index (χ0v) is 28.9. The second kappa shape index (κ2) is 18.3. The minimum absolute atomic E-state index is 0.0723. The lowest BCUT2D eigenvalue weighted by Crippen LogP contribution is -2.27. The molecule has 0 heterocycles. The molecule has 0 aromatic heterocycles. The van der Waals surface area contributed by atoms with Crippen LogP contribution >= 0.6 is 0 Å². The lowest BCUT2D eigenvalue weighted by atomic mass is 9.85. The minimum atomic E-state index is -0.466. The Balaban J connectivity index is 2.24. The van der Waals surface area contributed by atoms with Gasteiger partial charge in [0.15, 0.2) is 23.0 Å². The number of benzene rings is 2. The van der Waals surface area contributed by atoms with Crippen molar-refractivity contribution in [1.29, 1.82) is 0 Å². The average Bonchev–Trinajstić information content (AvgIpc) is 2.89. The Morgan fingerprint density at radius 2 is 0.739 bits per heavy atom. The average molecular weight is 643 g/mol. The number of hydrogen-bond donors (Lipinski definition) is 0. The van der Waals surface area contributed by atoms with Crippen molar-refractivity contribution >= 4 is 23.9 Å². The van der Waals surface area contributed by atoms with Gasteiger partial charge >= 0.3 is 23.9 Å². The van der Waals surface area contributed by atoms with Crippen molar-refractivity contribution in [3.05, 3.63) is 47.5 Å². The van der Waals surface area contributed by atoms with E-state index >= 15 is 0 Å². The highest BCUT2D eigenvalue weighted by molar-refractivity contribution is 5.79. The molecule has 0 fully saturated rings. The minimum Gasteiger partial charge on any atom is -0.422 e. The quantitative estimate of drug-likeness (QED) is 0.187. The summed E-state index contributed by atoms with van der Waals surface area (Å²) in [5, 5.41) is 0. The van der Waals surface area contributed by atoms with Crippen LogP contribution in [0.3, 0.4) is 0 Å². The second-order valence-corrected chi connectivity index (χ2v) is 12.8. The van der Waals surface area contributed by atoms with Crippen LogP contribution in [0, 0.1) is 11.8 Å². The Bertz CT molecular complexity index is 1240. The molecule has 12 heteroatoms. The summed E-state index contributed by atoms with van der Waals surface area (Å²) in [6.45, 7) is 4.56. The number of rotatable bonds is 17. The maximum absolute atomic E-state index is 12.5. The molecule has 2 atom stereocenters. The highest BCUT2D eigenvalue weighted by atomic mass is 16.6. The van der Waals surface area contributed by atoms with Gasteiger partial charge in [-0.2, -0.15) is 0 Å². The maximum Gasteiger partial charge on any atom is 0.325 e. The first-order chi connectivity index (χ1) is 21.5. The SMILES string of the molecule is CC(Cc1ccc(OC(=O)CN(C)C)c(OC(=O)CN(C)C)c1)C(C)Cc1ccc(OC(=O)CN(C)C)c(OC(=O)CN(C)C)c1. The predicted molar refractivity (Wildman–Crippen MR) is 175 cm³/mol. The summed E-state index contributed by atoms with van der Waals surface area (Å²) in [5.41, 5.74) is 1.83. The fourth-order valence-electron chi connectivity index (χ4n) is 4.49. The van der Waals surface area contributed by atoms with Crippen LogP contribution in [0.15, 0.2) is 36.4 Å². The molecule has 0 N–H and O–H groups in total. The Morgan fingerprint density at radius 1 is 0.478 bits per heavy atom. The molecule has 12 nitrogen and oxygen atoms in total. The smallest absolute Gasteiger partial charge is 0.325 e. The molecule has 2 aromatic rings. The van der Waals surface area contributed by atoms with Gasteiger partial charge in [-0.15, -0.1) is 0 Å². The number of nitrogens with zero attached hydrogens (tertiary/aromatic N) is 4. The molecule has 0 aliphatic carbocycles. The summed E-state index contributed by atoms with van der Waals surface area (Å²) < 4.78 is 22.3. The van der Waals surface area contributed by atoms with Gasteiger partial charge in [0.05, 0.1) is 26.2 Å². The predicted octanol–water partition coefficient (Wildman–Crippen LogP) is 2.61. The zero-order chi connectivity index (χ0) is 34.6. The van der Waals surface area contributed by atoms with Crippen molar-refractivity contribution in [2.75, 3.05) is 82.6 Å². The highest BCUT2D eigenvalue weighted by Crippen LogP contribution is 2.33. The van der Waals surface area contributed by atoms with Gasteiger partial charge in [0.2, 0.25) is 0 Å². The number of hydrogen-bond acceptors (Lipinski definition) is 12. The van der Waals surface area contributed by atoms with Crippen LogP contribution in [0.2, 0.25) is 0 Å². The van der Waals surface area contributed by atoms with E-state index in [9.17, 15) is 19.2 Å². The number of carbonyl (C=O) groups excluding carboxylic acids is 4. The van der Waals surface area contributed by atoms with Crippen LogP contribution in [0.5, 0.6) is 23.0 Å². The number of likely N-dealkylation sites (N-methyl/N-ethyl adjacent to an activating group) is 4. The Hall–Kier alpha value is -3.84. The Morgan fingerprint density at radius 3 is 1.00 bits per heavy atom. The second-order valence-electron chi connectivity index (χ2n) is 12.8. The van der Waals surface area contributed by atoms with Crippen molar-refractivity contribution in [1.82, 2.24) is 19.6 Å². The van der Waals surface area contributed by atoms with Gasteiger partial charge in [-0.1, -0.05) is 26.0 Å². The standard InChI is InChI=1S/C34H50N4O8/c1-23(15-25-11-13-27(43-31(39)19-35(3)4)29(17-25)45-33(41)21-37(7)8)24(2)16-26-12-14-28(44-32(40)20-36(5)6)30(18-26)46-34(42)22-38(9)10/h11-14,17-18,23-24H,15-16,19-22H2,1-10H3. The number of ether oxygens (including phenoxy) is 4. The van der Waals surface area contributed by atoms with E-state index in [1.165, 1.54) is 0 Å². The van der Waals surface area contributed by atoms with Gasteiger partial charge in [-0.25, -0.2) is 0 Å². The number of carbonyl (C=O) groups is 4. The van der Waals surface area contributed by atoms with E-state index < -0.39 is 23.9 Å². The van der Waals surface area contributed by atoms with Crippen molar-refractivity contribution in [2.45, 2.75) is 26.7 Å². The molecule has 0 radical (unpaired) electrons. The molecule has 254 valence electrons. The summed E-state index contributed by atoms with van der Waals surface area (Å²) in [5.74, 6) is -0.728. The van der Waals surface area contributed by atoms with E-state index in [4.69, 9.17) is 18.9 Å². The molecule has 0 spiro atoms. The summed E-state index contributed by atoms with van der Waals surface area (Å²) in [4.78, 5) is 56.4. The van der Waals surface area contributed by atoms with E-state index in [0.29, 0.717) is 12.8 Å². The fourth-order valence-corrected chi connectivity index (χ4v) is 4.49. The first kappa shape index (κ1) is 38.3. The van der Waals surface area contributed by atoms with Crippen molar-refractivity contribution in [2.24, 2.45) is 11.8 Å². The van der Waals surface area contributed by atoms with E-state index in [2.05, 4.69) is 13.8 Å². The molecule has 2 rings (SSSR count). The van der Waals surface area contributed by atoms with Gasteiger partial charge in [-0.05, 0) is 116 Å². The molecule has 0 aliphatic heterocycles.